The molecule has 5 N–H and O–H groups in total. The fraction of sp³-hybridized carbons (Fsp3) is 0.583. The maximum absolute atomic E-state index is 11.4. The number of nitrogens with two attached hydrogens (primary N) is 2. The summed E-state index contributed by atoms with van der Waals surface area (Å²) in [5.41, 5.74) is 11.1. The molecule has 7 nitrogen and oxygen atoms in total. The van der Waals surface area contributed by atoms with Gasteiger partial charge in [0.15, 0.2) is 0 Å². The average Bonchev–Trinajstić information content (AvgIpc) is 2.85. The van der Waals surface area contributed by atoms with Gasteiger partial charge in [0.2, 0.25) is 11.9 Å². The van der Waals surface area contributed by atoms with Gasteiger partial charge in [0.1, 0.15) is 17.7 Å². The summed E-state index contributed by atoms with van der Waals surface area (Å²) in [7, 11) is 0. The van der Waals surface area contributed by atoms with Gasteiger partial charge < -0.3 is 21.7 Å². The quantitative estimate of drug-likeness (QED) is 0.707. The Balaban J connectivity index is 2.23. The van der Waals surface area contributed by atoms with E-state index in [4.69, 9.17) is 11.5 Å². The molecule has 2 rings (SSSR count). The normalized spacial score (nSPS) is 18.6. The van der Waals surface area contributed by atoms with Gasteiger partial charge in [-0.1, -0.05) is 6.92 Å². The molecule has 2 heterocycles. The van der Waals surface area contributed by atoms with Crippen molar-refractivity contribution in [1.82, 2.24) is 9.97 Å². The molecule has 0 aliphatic carbocycles. The van der Waals surface area contributed by atoms with Crippen LogP contribution < -0.4 is 21.7 Å². The standard InChI is InChI=1S/C12H20N6O/c1-2-5-15-9-7-10(17-12(14)16-9)18-6-3-4-8(18)11(13)19/h7-8H,2-6H2,1H3,(H2,13,19)(H3,14,15,16,17). The number of aromatic nitrogens is 2. The molecule has 0 saturated carbocycles. The van der Waals surface area contributed by atoms with Gasteiger partial charge >= 0.3 is 0 Å². The zero-order valence-electron chi connectivity index (χ0n) is 11.1. The molecule has 1 aliphatic rings. The van der Waals surface area contributed by atoms with Crippen LogP contribution in [-0.4, -0.2) is 35.0 Å². The van der Waals surface area contributed by atoms with Crippen LogP contribution in [0.4, 0.5) is 17.6 Å². The number of amides is 1. The van der Waals surface area contributed by atoms with E-state index in [2.05, 4.69) is 22.2 Å². The largest absolute Gasteiger partial charge is 0.370 e. The highest BCUT2D eigenvalue weighted by Gasteiger charge is 2.30. The molecule has 1 amide bonds. The van der Waals surface area contributed by atoms with Gasteiger partial charge in [0.05, 0.1) is 0 Å². The smallest absolute Gasteiger partial charge is 0.240 e. The number of hydrogen-bond donors (Lipinski definition) is 3. The van der Waals surface area contributed by atoms with Gasteiger partial charge in [0, 0.05) is 19.2 Å². The van der Waals surface area contributed by atoms with Crippen molar-refractivity contribution in [2.24, 2.45) is 5.73 Å². The molecule has 0 bridgehead atoms. The number of anilines is 3. The van der Waals surface area contributed by atoms with E-state index < -0.39 is 0 Å². The number of rotatable bonds is 5. The Kier molecular flexibility index (Phi) is 4.03. The Hall–Kier alpha value is -2.05. The van der Waals surface area contributed by atoms with Crippen LogP contribution in [0.5, 0.6) is 0 Å². The third kappa shape index (κ3) is 3.04. The average molecular weight is 264 g/mol. The van der Waals surface area contributed by atoms with Gasteiger partial charge in [-0.05, 0) is 19.3 Å². The van der Waals surface area contributed by atoms with Gasteiger partial charge in [0.25, 0.3) is 0 Å². The Labute approximate surface area is 112 Å². The summed E-state index contributed by atoms with van der Waals surface area (Å²) < 4.78 is 0. The lowest BCUT2D eigenvalue weighted by atomic mass is 10.2. The van der Waals surface area contributed by atoms with Gasteiger partial charge in [-0.2, -0.15) is 9.97 Å². The fourth-order valence-corrected chi connectivity index (χ4v) is 2.28. The van der Waals surface area contributed by atoms with Crippen molar-refractivity contribution in [2.45, 2.75) is 32.2 Å². The van der Waals surface area contributed by atoms with Crippen molar-refractivity contribution in [3.63, 3.8) is 0 Å². The monoisotopic (exact) mass is 264 g/mol. The van der Waals surface area contributed by atoms with Crippen LogP contribution in [0, 0.1) is 0 Å². The summed E-state index contributed by atoms with van der Waals surface area (Å²) in [6.07, 6.45) is 2.68. The Bertz CT molecular complexity index is 464. The zero-order valence-corrected chi connectivity index (χ0v) is 11.1. The van der Waals surface area contributed by atoms with Crippen molar-refractivity contribution < 1.29 is 4.79 Å². The van der Waals surface area contributed by atoms with E-state index >= 15 is 0 Å². The fourth-order valence-electron chi connectivity index (χ4n) is 2.28. The Morgan fingerprint density at radius 3 is 3.05 bits per heavy atom. The van der Waals surface area contributed by atoms with Crippen LogP contribution in [0.15, 0.2) is 6.07 Å². The van der Waals surface area contributed by atoms with E-state index in [9.17, 15) is 4.79 Å². The predicted molar refractivity (Wildman–Crippen MR) is 74.8 cm³/mol. The molecule has 1 saturated heterocycles. The zero-order chi connectivity index (χ0) is 13.8. The summed E-state index contributed by atoms with van der Waals surface area (Å²) in [5.74, 6) is 1.22. The highest BCUT2D eigenvalue weighted by molar-refractivity contribution is 5.84. The molecule has 1 unspecified atom stereocenters. The summed E-state index contributed by atoms with van der Waals surface area (Å²) in [4.78, 5) is 21.6. The molecule has 1 aliphatic heterocycles. The summed E-state index contributed by atoms with van der Waals surface area (Å²) in [5, 5.41) is 3.17. The van der Waals surface area contributed by atoms with Crippen molar-refractivity contribution in [2.75, 3.05) is 29.0 Å². The van der Waals surface area contributed by atoms with Crippen molar-refractivity contribution in [3.05, 3.63) is 6.07 Å². The molecular formula is C12H20N6O. The van der Waals surface area contributed by atoms with Crippen molar-refractivity contribution in [1.29, 1.82) is 0 Å². The molecule has 1 aromatic rings. The Morgan fingerprint density at radius 1 is 1.58 bits per heavy atom. The molecule has 0 aromatic carbocycles. The predicted octanol–water partition coefficient (Wildman–Crippen LogP) is 0.335. The maximum atomic E-state index is 11.4. The lowest BCUT2D eigenvalue weighted by Gasteiger charge is -2.23. The number of carbonyl (C=O) groups excluding carboxylic acids is 1. The lowest BCUT2D eigenvalue weighted by Crippen LogP contribution is -2.40. The van der Waals surface area contributed by atoms with Crippen LogP contribution in [0.3, 0.4) is 0 Å². The van der Waals surface area contributed by atoms with Gasteiger partial charge in [-0.25, -0.2) is 0 Å². The molecule has 7 heteroatoms. The first kappa shape index (κ1) is 13.4. The Morgan fingerprint density at radius 2 is 2.37 bits per heavy atom. The minimum absolute atomic E-state index is 0.200. The SMILES string of the molecule is CCCNc1cc(N2CCCC2C(N)=O)nc(N)n1. The summed E-state index contributed by atoms with van der Waals surface area (Å²) >= 11 is 0. The molecule has 0 radical (unpaired) electrons. The van der Waals surface area contributed by atoms with E-state index in [-0.39, 0.29) is 17.9 Å². The second-order valence-electron chi connectivity index (χ2n) is 4.65. The first-order chi connectivity index (χ1) is 9.11. The number of carbonyl (C=O) groups is 1. The number of hydrogen-bond acceptors (Lipinski definition) is 6. The summed E-state index contributed by atoms with van der Waals surface area (Å²) in [6, 6.07) is 1.51. The van der Waals surface area contributed by atoms with Crippen LogP contribution in [-0.2, 0) is 4.79 Å². The third-order valence-corrected chi connectivity index (χ3v) is 3.16. The van der Waals surface area contributed by atoms with E-state index in [0.717, 1.165) is 32.4 Å². The third-order valence-electron chi connectivity index (χ3n) is 3.16. The van der Waals surface area contributed by atoms with E-state index in [1.54, 1.807) is 0 Å². The molecule has 1 aromatic heterocycles. The second kappa shape index (κ2) is 5.73. The van der Waals surface area contributed by atoms with Crippen LogP contribution in [0.2, 0.25) is 0 Å². The molecule has 1 atom stereocenters. The maximum Gasteiger partial charge on any atom is 0.240 e. The van der Waals surface area contributed by atoms with E-state index in [1.807, 2.05) is 11.0 Å². The van der Waals surface area contributed by atoms with Crippen LogP contribution in [0.25, 0.3) is 0 Å². The van der Waals surface area contributed by atoms with Gasteiger partial charge in [-0.3, -0.25) is 4.79 Å². The topological polar surface area (TPSA) is 110 Å². The summed E-state index contributed by atoms with van der Waals surface area (Å²) in [6.45, 7) is 3.65. The second-order valence-corrected chi connectivity index (χ2v) is 4.65. The van der Waals surface area contributed by atoms with E-state index in [0.29, 0.717) is 11.6 Å². The molecule has 104 valence electrons. The lowest BCUT2D eigenvalue weighted by molar-refractivity contribution is -0.119. The van der Waals surface area contributed by atoms with Gasteiger partial charge in [-0.15, -0.1) is 0 Å². The van der Waals surface area contributed by atoms with E-state index in [1.165, 1.54) is 0 Å². The molecule has 1 fully saturated rings. The first-order valence-corrected chi connectivity index (χ1v) is 6.56. The number of nitrogen functional groups attached to an aromatic ring is 1. The highest BCUT2D eigenvalue weighted by atomic mass is 16.1. The number of nitrogens with zero attached hydrogens (tertiary/aromatic N) is 3. The first-order valence-electron chi connectivity index (χ1n) is 6.56. The minimum Gasteiger partial charge on any atom is -0.370 e. The van der Waals surface area contributed by atoms with Crippen molar-refractivity contribution >= 4 is 23.5 Å². The molecule has 0 spiro atoms. The number of nitrogens with one attached hydrogen (secondary N) is 1. The van der Waals surface area contributed by atoms with Crippen LogP contribution >= 0.6 is 0 Å². The minimum atomic E-state index is -0.322. The van der Waals surface area contributed by atoms with Crippen molar-refractivity contribution in [3.8, 4) is 0 Å². The molecular weight excluding hydrogens is 244 g/mol. The number of primary amides is 1. The highest BCUT2D eigenvalue weighted by Crippen LogP contribution is 2.25. The molecule has 19 heavy (non-hydrogen) atoms. The van der Waals surface area contributed by atoms with Crippen LogP contribution in [0.1, 0.15) is 26.2 Å².